The highest BCUT2D eigenvalue weighted by atomic mass is 16.5. The lowest BCUT2D eigenvalue weighted by molar-refractivity contribution is 0.242. The van der Waals surface area contributed by atoms with Crippen LogP contribution in [0.15, 0.2) is 53.5 Å². The average molecular weight is 355 g/mol. The fourth-order valence-corrected chi connectivity index (χ4v) is 2.52. The molecule has 0 aliphatic rings. The van der Waals surface area contributed by atoms with Crippen molar-refractivity contribution >= 4 is 5.96 Å². The lowest BCUT2D eigenvalue weighted by atomic mass is 10.1. The molecule has 0 bridgehead atoms. The van der Waals surface area contributed by atoms with Crippen molar-refractivity contribution in [3.05, 3.63) is 59.7 Å². The molecular formula is C21H29N3O2. The van der Waals surface area contributed by atoms with Crippen LogP contribution in [0.2, 0.25) is 0 Å². The zero-order valence-corrected chi connectivity index (χ0v) is 16.1. The first-order valence-corrected chi connectivity index (χ1v) is 8.93. The summed E-state index contributed by atoms with van der Waals surface area (Å²) < 4.78 is 10.9. The third-order valence-electron chi connectivity index (χ3n) is 3.82. The number of hydrogen-bond acceptors (Lipinski definition) is 3. The van der Waals surface area contributed by atoms with Crippen molar-refractivity contribution in [2.75, 3.05) is 20.7 Å². The molecule has 0 aliphatic heterocycles. The van der Waals surface area contributed by atoms with Gasteiger partial charge in [-0.15, -0.1) is 0 Å². The van der Waals surface area contributed by atoms with E-state index in [1.807, 2.05) is 44.2 Å². The SMILES string of the molecule is CN=C(NCCc1ccc(OC(C)C)cc1)NCc1cccc(OC)c1. The molecule has 5 nitrogen and oxygen atoms in total. The predicted molar refractivity (Wildman–Crippen MR) is 107 cm³/mol. The Balaban J connectivity index is 1.76. The maximum Gasteiger partial charge on any atom is 0.191 e. The maximum atomic E-state index is 5.67. The number of rotatable bonds is 8. The molecule has 2 N–H and O–H groups in total. The van der Waals surface area contributed by atoms with E-state index in [1.165, 1.54) is 5.56 Å². The van der Waals surface area contributed by atoms with Crippen molar-refractivity contribution < 1.29 is 9.47 Å². The number of aliphatic imine (C=N–C) groups is 1. The van der Waals surface area contributed by atoms with Crippen LogP contribution >= 0.6 is 0 Å². The van der Waals surface area contributed by atoms with Crippen molar-refractivity contribution in [2.45, 2.75) is 32.9 Å². The second kappa shape index (κ2) is 10.3. The van der Waals surface area contributed by atoms with Gasteiger partial charge in [0.05, 0.1) is 13.2 Å². The van der Waals surface area contributed by atoms with E-state index in [9.17, 15) is 0 Å². The zero-order valence-electron chi connectivity index (χ0n) is 16.1. The fraction of sp³-hybridized carbons (Fsp3) is 0.381. The minimum Gasteiger partial charge on any atom is -0.497 e. The summed E-state index contributed by atoms with van der Waals surface area (Å²) in [7, 11) is 3.45. The number of methoxy groups -OCH3 is 1. The molecule has 0 saturated heterocycles. The van der Waals surface area contributed by atoms with Gasteiger partial charge in [0.15, 0.2) is 5.96 Å². The smallest absolute Gasteiger partial charge is 0.191 e. The summed E-state index contributed by atoms with van der Waals surface area (Å²) in [5.41, 5.74) is 2.41. The molecule has 26 heavy (non-hydrogen) atoms. The highest BCUT2D eigenvalue weighted by Crippen LogP contribution is 2.14. The molecule has 0 aliphatic carbocycles. The Labute approximate surface area is 156 Å². The van der Waals surface area contributed by atoms with Crippen molar-refractivity contribution in [3.63, 3.8) is 0 Å². The van der Waals surface area contributed by atoms with Crippen LogP contribution in [-0.2, 0) is 13.0 Å². The van der Waals surface area contributed by atoms with E-state index in [0.29, 0.717) is 6.54 Å². The summed E-state index contributed by atoms with van der Waals surface area (Å²) >= 11 is 0. The molecule has 0 unspecified atom stereocenters. The molecule has 140 valence electrons. The lowest BCUT2D eigenvalue weighted by Gasteiger charge is -2.13. The Morgan fingerprint density at radius 1 is 1.00 bits per heavy atom. The van der Waals surface area contributed by atoms with E-state index in [1.54, 1.807) is 14.2 Å². The molecule has 0 saturated carbocycles. The van der Waals surface area contributed by atoms with Crippen LogP contribution in [0.4, 0.5) is 0 Å². The topological polar surface area (TPSA) is 54.9 Å². The van der Waals surface area contributed by atoms with Crippen LogP contribution in [0.1, 0.15) is 25.0 Å². The molecule has 2 aromatic carbocycles. The summed E-state index contributed by atoms with van der Waals surface area (Å²) in [6.45, 7) is 5.56. The quantitative estimate of drug-likeness (QED) is 0.563. The lowest BCUT2D eigenvalue weighted by Crippen LogP contribution is -2.37. The molecule has 2 aromatic rings. The van der Waals surface area contributed by atoms with Gasteiger partial charge in [-0.1, -0.05) is 24.3 Å². The second-order valence-corrected chi connectivity index (χ2v) is 6.26. The molecule has 0 heterocycles. The summed E-state index contributed by atoms with van der Waals surface area (Å²) in [6, 6.07) is 16.2. The van der Waals surface area contributed by atoms with Gasteiger partial charge in [0, 0.05) is 20.1 Å². The molecule has 0 fully saturated rings. The Hall–Kier alpha value is -2.69. The van der Waals surface area contributed by atoms with Crippen LogP contribution in [0.25, 0.3) is 0 Å². The van der Waals surface area contributed by atoms with Crippen LogP contribution < -0.4 is 20.1 Å². The first-order chi connectivity index (χ1) is 12.6. The van der Waals surface area contributed by atoms with E-state index in [4.69, 9.17) is 9.47 Å². The third-order valence-corrected chi connectivity index (χ3v) is 3.82. The number of nitrogens with one attached hydrogen (secondary N) is 2. The van der Waals surface area contributed by atoms with E-state index in [0.717, 1.165) is 36.0 Å². The fourth-order valence-electron chi connectivity index (χ4n) is 2.52. The Kier molecular flexibility index (Phi) is 7.80. The summed E-state index contributed by atoms with van der Waals surface area (Å²) in [6.07, 6.45) is 1.11. The summed E-state index contributed by atoms with van der Waals surface area (Å²) in [5.74, 6) is 2.55. The first kappa shape index (κ1) is 19.6. The zero-order chi connectivity index (χ0) is 18.8. The number of guanidine groups is 1. The third kappa shape index (κ3) is 6.67. The van der Waals surface area contributed by atoms with Gasteiger partial charge in [0.1, 0.15) is 11.5 Å². The van der Waals surface area contributed by atoms with Gasteiger partial charge in [0.25, 0.3) is 0 Å². The average Bonchev–Trinajstić information content (AvgIpc) is 2.65. The van der Waals surface area contributed by atoms with Crippen LogP contribution in [-0.4, -0.2) is 32.8 Å². The van der Waals surface area contributed by atoms with Gasteiger partial charge in [-0.25, -0.2) is 0 Å². The second-order valence-electron chi connectivity index (χ2n) is 6.26. The predicted octanol–water partition coefficient (Wildman–Crippen LogP) is 3.39. The van der Waals surface area contributed by atoms with Gasteiger partial charge in [-0.3, -0.25) is 4.99 Å². The molecule has 0 spiro atoms. The Morgan fingerprint density at radius 2 is 1.77 bits per heavy atom. The van der Waals surface area contributed by atoms with Gasteiger partial charge in [0.2, 0.25) is 0 Å². The Bertz CT molecular complexity index is 697. The molecular weight excluding hydrogens is 326 g/mol. The highest BCUT2D eigenvalue weighted by Gasteiger charge is 2.01. The summed E-state index contributed by atoms with van der Waals surface area (Å²) in [5, 5.41) is 6.66. The van der Waals surface area contributed by atoms with Crippen molar-refractivity contribution in [2.24, 2.45) is 4.99 Å². The minimum absolute atomic E-state index is 0.196. The molecule has 0 amide bonds. The largest absolute Gasteiger partial charge is 0.497 e. The number of hydrogen-bond donors (Lipinski definition) is 2. The van der Waals surface area contributed by atoms with Gasteiger partial charge < -0.3 is 20.1 Å². The standard InChI is InChI=1S/C21H29N3O2/c1-16(2)26-19-10-8-17(9-11-19)12-13-23-21(22-3)24-15-18-6-5-7-20(14-18)25-4/h5-11,14,16H,12-13,15H2,1-4H3,(H2,22,23,24). The molecule has 0 aromatic heterocycles. The van der Waals surface area contributed by atoms with E-state index in [-0.39, 0.29) is 6.10 Å². The monoisotopic (exact) mass is 355 g/mol. The summed E-state index contributed by atoms with van der Waals surface area (Å²) in [4.78, 5) is 4.27. The van der Waals surface area contributed by atoms with Crippen molar-refractivity contribution in [1.82, 2.24) is 10.6 Å². The maximum absolute atomic E-state index is 5.67. The van der Waals surface area contributed by atoms with Crippen LogP contribution in [0.5, 0.6) is 11.5 Å². The number of nitrogens with zero attached hydrogens (tertiary/aromatic N) is 1. The molecule has 2 rings (SSSR count). The first-order valence-electron chi connectivity index (χ1n) is 8.93. The van der Waals surface area contributed by atoms with Gasteiger partial charge in [-0.05, 0) is 55.7 Å². The van der Waals surface area contributed by atoms with E-state index in [2.05, 4.69) is 33.8 Å². The van der Waals surface area contributed by atoms with Gasteiger partial charge >= 0.3 is 0 Å². The molecule has 0 atom stereocenters. The van der Waals surface area contributed by atoms with Crippen molar-refractivity contribution in [1.29, 1.82) is 0 Å². The number of ether oxygens (including phenoxy) is 2. The molecule has 0 radical (unpaired) electrons. The highest BCUT2D eigenvalue weighted by molar-refractivity contribution is 5.79. The van der Waals surface area contributed by atoms with Gasteiger partial charge in [-0.2, -0.15) is 0 Å². The van der Waals surface area contributed by atoms with Crippen LogP contribution in [0, 0.1) is 0 Å². The van der Waals surface area contributed by atoms with Crippen LogP contribution in [0.3, 0.4) is 0 Å². The van der Waals surface area contributed by atoms with E-state index >= 15 is 0 Å². The Morgan fingerprint density at radius 3 is 2.42 bits per heavy atom. The minimum atomic E-state index is 0.196. The normalized spacial score (nSPS) is 11.3. The van der Waals surface area contributed by atoms with E-state index < -0.39 is 0 Å². The van der Waals surface area contributed by atoms with Crippen molar-refractivity contribution in [3.8, 4) is 11.5 Å². The number of benzene rings is 2. The molecule has 5 heteroatoms.